The monoisotopic (exact) mass is 267 g/mol. The van der Waals surface area contributed by atoms with Crippen molar-refractivity contribution in [2.45, 2.75) is 11.1 Å². The average Bonchev–Trinajstić information content (AvgIpc) is 2.14. The van der Waals surface area contributed by atoms with Gasteiger partial charge in [0.25, 0.3) is 10.1 Å². The Morgan fingerprint density at radius 1 is 1.29 bits per heavy atom. The SMILES string of the molecule is O=C=Nc1cccc(C(F)(F)F)c1S(=O)(=O)O. The van der Waals surface area contributed by atoms with Crippen LogP contribution in [0, 0.1) is 0 Å². The van der Waals surface area contributed by atoms with E-state index in [1.54, 1.807) is 0 Å². The summed E-state index contributed by atoms with van der Waals surface area (Å²) in [7, 11) is -5.16. The highest BCUT2D eigenvalue weighted by Crippen LogP contribution is 2.38. The van der Waals surface area contributed by atoms with Gasteiger partial charge in [-0.15, -0.1) is 0 Å². The molecule has 0 bridgehead atoms. The van der Waals surface area contributed by atoms with Crippen LogP contribution in [0.15, 0.2) is 28.1 Å². The second-order valence-electron chi connectivity index (χ2n) is 2.83. The molecule has 0 spiro atoms. The molecule has 0 atom stereocenters. The number of aliphatic imine (C=N–C) groups is 1. The quantitative estimate of drug-likeness (QED) is 0.504. The van der Waals surface area contributed by atoms with Gasteiger partial charge in [0.2, 0.25) is 6.08 Å². The van der Waals surface area contributed by atoms with Crippen molar-refractivity contribution in [1.82, 2.24) is 0 Å². The maximum Gasteiger partial charge on any atom is 0.417 e. The molecule has 0 unspecified atom stereocenters. The van der Waals surface area contributed by atoms with Crippen LogP contribution in [-0.2, 0) is 21.1 Å². The van der Waals surface area contributed by atoms with E-state index in [1.807, 2.05) is 0 Å². The molecule has 0 heterocycles. The predicted molar refractivity (Wildman–Crippen MR) is 49.0 cm³/mol. The van der Waals surface area contributed by atoms with Crippen LogP contribution in [0.2, 0.25) is 0 Å². The normalized spacial score (nSPS) is 12.0. The van der Waals surface area contributed by atoms with Crippen LogP contribution in [0.4, 0.5) is 18.9 Å². The molecule has 0 aliphatic heterocycles. The van der Waals surface area contributed by atoms with Crippen LogP contribution < -0.4 is 0 Å². The molecule has 5 nitrogen and oxygen atoms in total. The molecule has 1 aromatic rings. The first-order valence-corrected chi connectivity index (χ1v) is 5.37. The number of hydrogen-bond acceptors (Lipinski definition) is 4. The van der Waals surface area contributed by atoms with E-state index in [2.05, 4.69) is 4.99 Å². The Kier molecular flexibility index (Phi) is 3.37. The Bertz CT molecular complexity index is 587. The number of carbonyl (C=O) groups excluding carboxylic acids is 1. The first-order valence-electron chi connectivity index (χ1n) is 3.93. The lowest BCUT2D eigenvalue weighted by Gasteiger charge is -2.11. The number of hydrogen-bond donors (Lipinski definition) is 1. The molecule has 0 radical (unpaired) electrons. The molecule has 17 heavy (non-hydrogen) atoms. The molecule has 0 aliphatic carbocycles. The number of isocyanates is 1. The van der Waals surface area contributed by atoms with E-state index >= 15 is 0 Å². The molecule has 1 aromatic carbocycles. The van der Waals surface area contributed by atoms with Crippen molar-refractivity contribution in [2.75, 3.05) is 0 Å². The fraction of sp³-hybridized carbons (Fsp3) is 0.125. The summed E-state index contributed by atoms with van der Waals surface area (Å²) in [5.74, 6) is 0. The van der Waals surface area contributed by atoms with Crippen molar-refractivity contribution in [3.8, 4) is 0 Å². The van der Waals surface area contributed by atoms with Crippen molar-refractivity contribution in [2.24, 2.45) is 4.99 Å². The van der Waals surface area contributed by atoms with E-state index in [0.717, 1.165) is 18.2 Å². The second kappa shape index (κ2) is 4.28. The van der Waals surface area contributed by atoms with Gasteiger partial charge in [0.05, 0.1) is 11.3 Å². The van der Waals surface area contributed by atoms with E-state index in [4.69, 9.17) is 4.55 Å². The molecule has 92 valence electrons. The standard InChI is InChI=1S/C8H4F3NO4S/c9-8(10,11)5-2-1-3-6(12-4-13)7(5)17(14,15)16/h1-3H,(H,14,15,16). The maximum atomic E-state index is 12.5. The highest BCUT2D eigenvalue weighted by Gasteiger charge is 2.38. The summed E-state index contributed by atoms with van der Waals surface area (Å²) in [6.07, 6.45) is -4.09. The smallest absolute Gasteiger partial charge is 0.282 e. The molecule has 0 aromatic heterocycles. The maximum absolute atomic E-state index is 12.5. The Hall–Kier alpha value is -1.70. The molecular weight excluding hydrogens is 263 g/mol. The highest BCUT2D eigenvalue weighted by molar-refractivity contribution is 7.86. The van der Waals surface area contributed by atoms with Gasteiger partial charge in [-0.3, -0.25) is 4.55 Å². The molecule has 1 N–H and O–H groups in total. The van der Waals surface area contributed by atoms with Crippen LogP contribution in [0.1, 0.15) is 5.56 Å². The van der Waals surface area contributed by atoms with Crippen molar-refractivity contribution in [3.63, 3.8) is 0 Å². The number of nitrogens with zero attached hydrogens (tertiary/aromatic N) is 1. The van der Waals surface area contributed by atoms with E-state index in [0.29, 0.717) is 6.07 Å². The molecule has 1 rings (SSSR count). The Balaban J connectivity index is 3.76. The zero-order valence-corrected chi connectivity index (χ0v) is 8.71. The zero-order chi connectivity index (χ0) is 13.3. The number of rotatable bonds is 2. The van der Waals surface area contributed by atoms with Gasteiger partial charge >= 0.3 is 6.18 Å². The molecule has 0 saturated carbocycles. The minimum Gasteiger partial charge on any atom is -0.282 e. The van der Waals surface area contributed by atoms with Crippen LogP contribution in [0.3, 0.4) is 0 Å². The summed E-state index contributed by atoms with van der Waals surface area (Å²) >= 11 is 0. The average molecular weight is 267 g/mol. The van der Waals surface area contributed by atoms with Crippen molar-refractivity contribution in [1.29, 1.82) is 0 Å². The van der Waals surface area contributed by atoms with Crippen LogP contribution in [-0.4, -0.2) is 19.1 Å². The van der Waals surface area contributed by atoms with Gasteiger partial charge in [0, 0.05) is 0 Å². The summed E-state index contributed by atoms with van der Waals surface area (Å²) in [5.41, 5.74) is -2.42. The minimum atomic E-state index is -5.16. The van der Waals surface area contributed by atoms with E-state index < -0.39 is 32.4 Å². The first kappa shape index (κ1) is 13.4. The second-order valence-corrected chi connectivity index (χ2v) is 4.19. The minimum absolute atomic E-state index is 0.451. The Morgan fingerprint density at radius 2 is 1.88 bits per heavy atom. The highest BCUT2D eigenvalue weighted by atomic mass is 32.2. The third-order valence-corrected chi connectivity index (χ3v) is 2.67. The summed E-state index contributed by atoms with van der Waals surface area (Å²) in [6.45, 7) is 0. The van der Waals surface area contributed by atoms with E-state index in [1.165, 1.54) is 0 Å². The van der Waals surface area contributed by atoms with Gasteiger partial charge < -0.3 is 0 Å². The number of benzene rings is 1. The fourth-order valence-electron chi connectivity index (χ4n) is 1.16. The Morgan fingerprint density at radius 3 is 2.29 bits per heavy atom. The predicted octanol–water partition coefficient (Wildman–Crippen LogP) is 1.92. The van der Waals surface area contributed by atoms with Crippen molar-refractivity contribution in [3.05, 3.63) is 23.8 Å². The fourth-order valence-corrected chi connectivity index (χ4v) is 2.00. The third-order valence-electron chi connectivity index (χ3n) is 1.72. The molecule has 0 amide bonds. The van der Waals surface area contributed by atoms with E-state index in [9.17, 15) is 26.4 Å². The lowest BCUT2D eigenvalue weighted by Crippen LogP contribution is -2.12. The van der Waals surface area contributed by atoms with Gasteiger partial charge in [-0.1, -0.05) is 6.07 Å². The molecular formula is C8H4F3NO4S. The van der Waals surface area contributed by atoms with Gasteiger partial charge in [0.15, 0.2) is 0 Å². The molecule has 0 fully saturated rings. The summed E-state index contributed by atoms with van der Waals surface area (Å²) in [5, 5.41) is 0. The lowest BCUT2D eigenvalue weighted by molar-refractivity contribution is -0.139. The van der Waals surface area contributed by atoms with E-state index in [-0.39, 0.29) is 0 Å². The third kappa shape index (κ3) is 2.90. The van der Waals surface area contributed by atoms with Gasteiger partial charge in [-0.25, -0.2) is 4.79 Å². The number of alkyl halides is 3. The lowest BCUT2D eigenvalue weighted by atomic mass is 10.2. The van der Waals surface area contributed by atoms with Crippen molar-refractivity contribution < 1.29 is 30.9 Å². The topological polar surface area (TPSA) is 83.8 Å². The van der Waals surface area contributed by atoms with Crippen LogP contribution in [0.25, 0.3) is 0 Å². The number of halogens is 3. The molecule has 0 aliphatic rings. The molecule has 9 heteroatoms. The van der Waals surface area contributed by atoms with Gasteiger partial charge in [0.1, 0.15) is 4.90 Å². The van der Waals surface area contributed by atoms with Gasteiger partial charge in [-0.2, -0.15) is 26.6 Å². The van der Waals surface area contributed by atoms with Gasteiger partial charge in [-0.05, 0) is 12.1 Å². The summed E-state index contributed by atoms with van der Waals surface area (Å²) < 4.78 is 67.9. The first-order chi connectivity index (χ1) is 7.68. The van der Waals surface area contributed by atoms with Crippen LogP contribution >= 0.6 is 0 Å². The van der Waals surface area contributed by atoms with Crippen molar-refractivity contribution >= 4 is 21.9 Å². The zero-order valence-electron chi connectivity index (χ0n) is 7.89. The summed E-state index contributed by atoms with van der Waals surface area (Å²) in [6, 6.07) is 2.14. The summed E-state index contributed by atoms with van der Waals surface area (Å²) in [4.78, 5) is 11.3. The molecule has 0 saturated heterocycles. The largest absolute Gasteiger partial charge is 0.417 e. The van der Waals surface area contributed by atoms with Crippen LogP contribution in [0.5, 0.6) is 0 Å². The Labute approximate surface area is 93.3 Å².